The molecule has 3 heteroatoms. The predicted molar refractivity (Wildman–Crippen MR) is 189 cm³/mol. The molecular formula is C42H31N3. The Morgan fingerprint density at radius 2 is 1.20 bits per heavy atom. The molecule has 8 aromatic rings. The van der Waals surface area contributed by atoms with Crippen LogP contribution in [0, 0.1) is 0 Å². The number of rotatable bonds is 3. The zero-order valence-electron chi connectivity index (χ0n) is 24.9. The molecule has 10 rings (SSSR count). The Hall–Kier alpha value is -5.54. The monoisotopic (exact) mass is 577 g/mol. The van der Waals surface area contributed by atoms with E-state index in [1.807, 2.05) is 0 Å². The number of nitrogens with zero attached hydrogens (tertiary/aromatic N) is 3. The molecule has 0 saturated carbocycles. The standard InChI is InChI=1S/C42H31N3/c1-2-14-28(15-3-1)43-41-33(20-12-26-39(41)44-35-22-8-4-16-29(35)30-17-5-9-23-36(30)44)34-21-13-27-40(42(34)43)45-37-24-10-6-18-31(37)32-19-7-11-25-38(32)45/h1-6,8-18,20-26,40H,7,19,27H2. The Morgan fingerprint density at radius 1 is 0.533 bits per heavy atom. The van der Waals surface area contributed by atoms with Crippen LogP contribution in [0.25, 0.3) is 67.1 Å². The molecule has 3 aromatic heterocycles. The summed E-state index contributed by atoms with van der Waals surface area (Å²) in [5.41, 5.74) is 12.9. The van der Waals surface area contributed by atoms with Gasteiger partial charge >= 0.3 is 0 Å². The van der Waals surface area contributed by atoms with Crippen LogP contribution in [0.2, 0.25) is 0 Å². The number of aryl methyl sites for hydroxylation is 1. The van der Waals surface area contributed by atoms with Crippen molar-refractivity contribution < 1.29 is 0 Å². The second-order valence-corrected chi connectivity index (χ2v) is 12.4. The quantitative estimate of drug-likeness (QED) is 0.198. The third-order valence-corrected chi connectivity index (χ3v) is 10.0. The molecule has 3 nitrogen and oxygen atoms in total. The largest absolute Gasteiger partial charge is 0.331 e. The molecule has 5 aromatic carbocycles. The van der Waals surface area contributed by atoms with Crippen molar-refractivity contribution in [2.75, 3.05) is 0 Å². The molecule has 1 unspecified atom stereocenters. The van der Waals surface area contributed by atoms with Gasteiger partial charge in [0.25, 0.3) is 0 Å². The Morgan fingerprint density at radius 3 is 1.98 bits per heavy atom. The van der Waals surface area contributed by atoms with Crippen LogP contribution in [0.5, 0.6) is 0 Å². The summed E-state index contributed by atoms with van der Waals surface area (Å²) >= 11 is 0. The van der Waals surface area contributed by atoms with Gasteiger partial charge in [-0.3, -0.25) is 0 Å². The minimum absolute atomic E-state index is 0.153. The number of hydrogen-bond donors (Lipinski definition) is 0. The summed E-state index contributed by atoms with van der Waals surface area (Å²) in [5.74, 6) is 0. The summed E-state index contributed by atoms with van der Waals surface area (Å²) in [6, 6.07) is 44.7. The van der Waals surface area contributed by atoms with Gasteiger partial charge in [-0.25, -0.2) is 0 Å². The molecule has 0 saturated heterocycles. The second-order valence-electron chi connectivity index (χ2n) is 12.4. The van der Waals surface area contributed by atoms with Crippen LogP contribution in [-0.4, -0.2) is 13.7 Å². The Balaban J connectivity index is 1.36. The zero-order valence-corrected chi connectivity index (χ0v) is 24.9. The molecule has 214 valence electrons. The van der Waals surface area contributed by atoms with Crippen LogP contribution in [0.1, 0.15) is 41.4 Å². The number of benzene rings is 5. The first kappa shape index (κ1) is 24.9. The van der Waals surface area contributed by atoms with E-state index in [2.05, 4.69) is 159 Å². The van der Waals surface area contributed by atoms with Gasteiger partial charge in [0, 0.05) is 44.0 Å². The van der Waals surface area contributed by atoms with E-state index in [-0.39, 0.29) is 6.04 Å². The predicted octanol–water partition coefficient (Wildman–Crippen LogP) is 10.6. The second kappa shape index (κ2) is 9.48. The molecule has 3 heterocycles. The van der Waals surface area contributed by atoms with E-state index in [1.165, 1.54) is 77.5 Å². The topological polar surface area (TPSA) is 14.8 Å². The fraction of sp³-hybridized carbons (Fsp3) is 0.0952. The van der Waals surface area contributed by atoms with Crippen molar-refractivity contribution in [3.05, 3.63) is 156 Å². The fourth-order valence-electron chi connectivity index (χ4n) is 8.28. The molecule has 0 bridgehead atoms. The van der Waals surface area contributed by atoms with Gasteiger partial charge in [0.15, 0.2) is 0 Å². The van der Waals surface area contributed by atoms with E-state index < -0.39 is 0 Å². The van der Waals surface area contributed by atoms with Gasteiger partial charge in [0.2, 0.25) is 0 Å². The Labute approximate surface area is 261 Å². The molecule has 0 spiro atoms. The number of allylic oxidation sites excluding steroid dienone is 2. The average Bonchev–Trinajstić information content (AvgIpc) is 3.75. The van der Waals surface area contributed by atoms with Crippen LogP contribution >= 0.6 is 0 Å². The van der Waals surface area contributed by atoms with E-state index in [0.29, 0.717) is 0 Å². The summed E-state index contributed by atoms with van der Waals surface area (Å²) in [6.07, 6.45) is 12.6. The highest BCUT2D eigenvalue weighted by Crippen LogP contribution is 2.46. The normalized spacial score (nSPS) is 15.8. The average molecular weight is 578 g/mol. The van der Waals surface area contributed by atoms with Crippen LogP contribution in [-0.2, 0) is 6.42 Å². The maximum Gasteiger partial charge on any atom is 0.0787 e. The third kappa shape index (κ3) is 3.41. The Bertz CT molecular complexity index is 2460. The minimum atomic E-state index is 0.153. The molecule has 2 aliphatic rings. The molecule has 45 heavy (non-hydrogen) atoms. The lowest BCUT2D eigenvalue weighted by Crippen LogP contribution is -2.19. The molecule has 0 N–H and O–H groups in total. The van der Waals surface area contributed by atoms with E-state index in [9.17, 15) is 0 Å². The third-order valence-electron chi connectivity index (χ3n) is 10.0. The highest BCUT2D eigenvalue weighted by molar-refractivity contribution is 6.11. The van der Waals surface area contributed by atoms with E-state index >= 15 is 0 Å². The molecule has 0 fully saturated rings. The lowest BCUT2D eigenvalue weighted by Gasteiger charge is -2.27. The van der Waals surface area contributed by atoms with Crippen molar-refractivity contribution in [3.8, 4) is 11.4 Å². The first-order valence-electron chi connectivity index (χ1n) is 16.0. The van der Waals surface area contributed by atoms with Gasteiger partial charge in [-0.1, -0.05) is 103 Å². The van der Waals surface area contributed by atoms with Crippen LogP contribution in [0.3, 0.4) is 0 Å². The van der Waals surface area contributed by atoms with Gasteiger partial charge < -0.3 is 13.7 Å². The highest BCUT2D eigenvalue weighted by atomic mass is 15.1. The van der Waals surface area contributed by atoms with Crippen LogP contribution in [0.4, 0.5) is 0 Å². The fourth-order valence-corrected chi connectivity index (χ4v) is 8.28. The molecule has 2 aliphatic carbocycles. The van der Waals surface area contributed by atoms with E-state index in [1.54, 1.807) is 0 Å². The van der Waals surface area contributed by atoms with Crippen molar-refractivity contribution in [2.45, 2.75) is 25.3 Å². The van der Waals surface area contributed by atoms with Gasteiger partial charge in [-0.15, -0.1) is 0 Å². The van der Waals surface area contributed by atoms with Crippen molar-refractivity contribution in [1.29, 1.82) is 0 Å². The zero-order chi connectivity index (χ0) is 29.5. The molecule has 0 amide bonds. The van der Waals surface area contributed by atoms with Crippen molar-refractivity contribution in [1.82, 2.24) is 13.7 Å². The molecule has 0 aliphatic heterocycles. The van der Waals surface area contributed by atoms with Gasteiger partial charge in [-0.2, -0.15) is 0 Å². The van der Waals surface area contributed by atoms with Crippen LogP contribution < -0.4 is 0 Å². The highest BCUT2D eigenvalue weighted by Gasteiger charge is 2.32. The van der Waals surface area contributed by atoms with Crippen molar-refractivity contribution in [3.63, 3.8) is 0 Å². The molecule has 1 atom stereocenters. The van der Waals surface area contributed by atoms with Crippen molar-refractivity contribution in [2.24, 2.45) is 0 Å². The molecule has 0 radical (unpaired) electrons. The number of fused-ring (bicyclic) bond motifs is 9. The number of hydrogen-bond acceptors (Lipinski definition) is 0. The van der Waals surface area contributed by atoms with Gasteiger partial charge in [-0.05, 0) is 67.3 Å². The maximum atomic E-state index is 2.64. The maximum absolute atomic E-state index is 2.64. The molecular weight excluding hydrogens is 546 g/mol. The lowest BCUT2D eigenvalue weighted by molar-refractivity contribution is 0.576. The summed E-state index contributed by atoms with van der Waals surface area (Å²) in [5, 5.41) is 5.24. The summed E-state index contributed by atoms with van der Waals surface area (Å²) in [7, 11) is 0. The smallest absolute Gasteiger partial charge is 0.0787 e. The first-order chi connectivity index (χ1) is 22.4. The first-order valence-corrected chi connectivity index (χ1v) is 16.0. The summed E-state index contributed by atoms with van der Waals surface area (Å²) in [4.78, 5) is 0. The lowest BCUT2D eigenvalue weighted by atomic mass is 9.96. The van der Waals surface area contributed by atoms with Crippen LogP contribution in [0.15, 0.2) is 133 Å². The Kier molecular flexibility index (Phi) is 5.23. The number of aromatic nitrogens is 3. The van der Waals surface area contributed by atoms with E-state index in [4.69, 9.17) is 0 Å². The summed E-state index contributed by atoms with van der Waals surface area (Å²) < 4.78 is 7.69. The summed E-state index contributed by atoms with van der Waals surface area (Å²) in [6.45, 7) is 0. The van der Waals surface area contributed by atoms with Crippen molar-refractivity contribution >= 4 is 55.8 Å². The number of para-hydroxylation sites is 5. The van der Waals surface area contributed by atoms with E-state index in [0.717, 1.165) is 19.3 Å². The minimum Gasteiger partial charge on any atom is -0.331 e. The van der Waals surface area contributed by atoms with Gasteiger partial charge in [0.1, 0.15) is 0 Å². The van der Waals surface area contributed by atoms with Gasteiger partial charge in [0.05, 0.1) is 34.0 Å². The SMILES string of the molecule is C1=Cc2c(c3ccccc3n2C2CC=Cc3c2n(-c2ccccc2)c2c(-n4c5ccccc5c5ccccc54)cccc32)CC1.